The number of aromatic amines is 1. The van der Waals surface area contributed by atoms with Gasteiger partial charge in [0.05, 0.1) is 22.4 Å². The van der Waals surface area contributed by atoms with Crippen LogP contribution in [0.4, 0.5) is 34.9 Å². The smallest absolute Gasteiger partial charge is 0.329 e. The Morgan fingerprint density at radius 2 is 2.07 bits per heavy atom. The Morgan fingerprint density at radius 3 is 2.90 bits per heavy atom. The van der Waals surface area contributed by atoms with Crippen molar-refractivity contribution in [2.45, 2.75) is 19.0 Å². The van der Waals surface area contributed by atoms with E-state index in [2.05, 4.69) is 30.7 Å². The summed E-state index contributed by atoms with van der Waals surface area (Å²) in [4.78, 5) is 6.12. The number of thiazole rings is 1. The summed E-state index contributed by atoms with van der Waals surface area (Å²) in [7, 11) is 0. The number of halogens is 4. The highest BCUT2D eigenvalue weighted by atomic mass is 35.5. The van der Waals surface area contributed by atoms with Crippen molar-refractivity contribution in [1.82, 2.24) is 25.4 Å². The van der Waals surface area contributed by atoms with Crippen LogP contribution < -0.4 is 10.2 Å². The van der Waals surface area contributed by atoms with Gasteiger partial charge in [0.25, 0.3) is 0 Å². The van der Waals surface area contributed by atoms with Crippen LogP contribution in [0.5, 0.6) is 0 Å². The van der Waals surface area contributed by atoms with Gasteiger partial charge in [-0.25, -0.2) is 4.98 Å². The maximum absolute atomic E-state index is 13.1. The van der Waals surface area contributed by atoms with Crippen molar-refractivity contribution in [3.8, 4) is 0 Å². The first kappa shape index (κ1) is 18.6. The molecule has 0 spiro atoms. The predicted octanol–water partition coefficient (Wildman–Crippen LogP) is 5.37. The second-order valence-corrected chi connectivity index (χ2v) is 8.71. The van der Waals surface area contributed by atoms with Crippen LogP contribution in [0.15, 0.2) is 18.3 Å². The molecule has 0 atom stereocenters. The molecule has 0 radical (unpaired) electrons. The molecule has 0 saturated carbocycles. The molecular formula is C16H11ClF3N7S2. The van der Waals surface area contributed by atoms with Crippen LogP contribution in [0.25, 0.3) is 10.9 Å². The molecule has 0 aliphatic carbocycles. The first-order valence-corrected chi connectivity index (χ1v) is 10.5. The van der Waals surface area contributed by atoms with Crippen LogP contribution in [0, 0.1) is 0 Å². The lowest BCUT2D eigenvalue weighted by molar-refractivity contribution is -0.137. The normalized spacial score (nSPS) is 14.4. The zero-order chi connectivity index (χ0) is 20.2. The summed E-state index contributed by atoms with van der Waals surface area (Å²) >= 11 is 8.32. The summed E-state index contributed by atoms with van der Waals surface area (Å²) in [6, 6.07) is 3.63. The van der Waals surface area contributed by atoms with Gasteiger partial charge < -0.3 is 5.32 Å². The Morgan fingerprint density at radius 1 is 1.21 bits per heavy atom. The Kier molecular flexibility index (Phi) is 4.37. The molecule has 7 nitrogen and oxygen atoms in total. The lowest BCUT2D eigenvalue weighted by atomic mass is 10.2. The highest BCUT2D eigenvalue weighted by Crippen LogP contribution is 2.43. The second kappa shape index (κ2) is 6.82. The molecule has 150 valence electrons. The second-order valence-electron chi connectivity index (χ2n) is 6.29. The number of hydrogen-bond acceptors (Lipinski definition) is 8. The minimum atomic E-state index is -4.45. The van der Waals surface area contributed by atoms with Gasteiger partial charge in [0, 0.05) is 16.8 Å². The Labute approximate surface area is 174 Å². The lowest BCUT2D eigenvalue weighted by Crippen LogP contribution is -2.24. The van der Waals surface area contributed by atoms with Crippen molar-refractivity contribution in [1.29, 1.82) is 0 Å². The highest BCUT2D eigenvalue weighted by Gasteiger charge is 2.38. The minimum absolute atomic E-state index is 0.314. The van der Waals surface area contributed by atoms with Crippen molar-refractivity contribution in [2.24, 2.45) is 0 Å². The van der Waals surface area contributed by atoms with E-state index in [-0.39, 0.29) is 0 Å². The number of rotatable bonds is 3. The number of nitrogens with zero attached hydrogens (tertiary/aromatic N) is 5. The van der Waals surface area contributed by atoms with E-state index in [1.165, 1.54) is 11.3 Å². The minimum Gasteiger partial charge on any atom is -0.329 e. The third kappa shape index (κ3) is 3.30. The van der Waals surface area contributed by atoms with E-state index in [1.54, 1.807) is 17.2 Å². The van der Waals surface area contributed by atoms with Gasteiger partial charge in [-0.1, -0.05) is 22.9 Å². The average Bonchev–Trinajstić information content (AvgIpc) is 3.42. The van der Waals surface area contributed by atoms with Gasteiger partial charge >= 0.3 is 6.18 Å². The maximum Gasteiger partial charge on any atom is 0.443 e. The van der Waals surface area contributed by atoms with Gasteiger partial charge in [-0.3, -0.25) is 10.00 Å². The molecule has 3 aromatic heterocycles. The quantitative estimate of drug-likeness (QED) is 0.430. The number of nitrogens with one attached hydrogen (secondary N) is 2. The van der Waals surface area contributed by atoms with Crippen LogP contribution in [0.1, 0.15) is 16.3 Å². The largest absolute Gasteiger partial charge is 0.443 e. The first-order chi connectivity index (χ1) is 13.9. The number of benzene rings is 1. The van der Waals surface area contributed by atoms with Crippen LogP contribution in [0.3, 0.4) is 0 Å². The van der Waals surface area contributed by atoms with Gasteiger partial charge in [0.1, 0.15) is 5.82 Å². The van der Waals surface area contributed by atoms with Crippen LogP contribution in [0.2, 0.25) is 5.02 Å². The predicted molar refractivity (Wildman–Crippen MR) is 107 cm³/mol. The monoisotopic (exact) mass is 457 g/mol. The van der Waals surface area contributed by atoms with Gasteiger partial charge in [0.2, 0.25) is 10.3 Å². The van der Waals surface area contributed by atoms with E-state index in [4.69, 9.17) is 11.6 Å². The van der Waals surface area contributed by atoms with Crippen LogP contribution in [-0.4, -0.2) is 31.9 Å². The molecule has 1 aliphatic heterocycles. The maximum atomic E-state index is 13.1. The van der Waals surface area contributed by atoms with Gasteiger partial charge in [-0.05, 0) is 25.0 Å². The molecule has 2 N–H and O–H groups in total. The molecular weight excluding hydrogens is 447 g/mol. The summed E-state index contributed by atoms with van der Waals surface area (Å²) < 4.78 is 39.2. The molecule has 0 unspecified atom stereocenters. The fourth-order valence-corrected chi connectivity index (χ4v) is 5.12. The van der Waals surface area contributed by atoms with E-state index in [1.807, 2.05) is 6.07 Å². The standard InChI is InChI=1S/C16H11ClF3N7S2/c17-11-7-6-21-24-8(7)3-4-9(11)22-14-25-26-15(29-14)27-5-1-2-10-12(27)23-13(28-10)16(18,19)20/h3-4,6H,1-2,5H2,(H,21,24)(H,22,25). The molecule has 0 bridgehead atoms. The molecule has 4 heterocycles. The summed E-state index contributed by atoms with van der Waals surface area (Å²) in [5.41, 5.74) is 1.44. The van der Waals surface area contributed by atoms with Crippen molar-refractivity contribution >= 4 is 66.9 Å². The Balaban J connectivity index is 1.43. The molecule has 5 rings (SSSR count). The number of H-pyrrole nitrogens is 1. The molecule has 1 aliphatic rings. The van der Waals surface area contributed by atoms with Crippen LogP contribution >= 0.6 is 34.3 Å². The summed E-state index contributed by atoms with van der Waals surface area (Å²) in [5.74, 6) is 0.314. The molecule has 1 aromatic carbocycles. The van der Waals surface area contributed by atoms with E-state index in [0.29, 0.717) is 56.0 Å². The molecule has 0 amide bonds. The number of fused-ring (bicyclic) bond motifs is 2. The van der Waals surface area contributed by atoms with Crippen molar-refractivity contribution in [3.63, 3.8) is 0 Å². The number of aromatic nitrogens is 5. The van der Waals surface area contributed by atoms with Crippen molar-refractivity contribution in [3.05, 3.63) is 33.2 Å². The van der Waals surface area contributed by atoms with Crippen molar-refractivity contribution < 1.29 is 13.2 Å². The Hall–Kier alpha value is -2.44. The number of anilines is 4. The zero-order valence-corrected chi connectivity index (χ0v) is 16.8. The van der Waals surface area contributed by atoms with Gasteiger partial charge in [-0.15, -0.1) is 21.5 Å². The third-order valence-corrected chi connectivity index (χ3v) is 6.82. The summed E-state index contributed by atoms with van der Waals surface area (Å²) in [5, 5.41) is 19.5. The summed E-state index contributed by atoms with van der Waals surface area (Å²) in [6.45, 7) is 0.532. The fraction of sp³-hybridized carbons (Fsp3) is 0.250. The first-order valence-electron chi connectivity index (χ1n) is 8.47. The van der Waals surface area contributed by atoms with Gasteiger partial charge in [0.15, 0.2) is 5.01 Å². The summed E-state index contributed by atoms with van der Waals surface area (Å²) in [6.07, 6.45) is -1.53. The number of aryl methyl sites for hydroxylation is 1. The lowest BCUT2D eigenvalue weighted by Gasteiger charge is -2.24. The van der Waals surface area contributed by atoms with Crippen molar-refractivity contribution in [2.75, 3.05) is 16.8 Å². The topological polar surface area (TPSA) is 82.6 Å². The number of hydrogen-bond donors (Lipinski definition) is 2. The third-order valence-electron chi connectivity index (χ3n) is 4.41. The van der Waals surface area contributed by atoms with E-state index >= 15 is 0 Å². The van der Waals surface area contributed by atoms with Gasteiger partial charge in [-0.2, -0.15) is 18.3 Å². The molecule has 29 heavy (non-hydrogen) atoms. The zero-order valence-electron chi connectivity index (χ0n) is 14.4. The SMILES string of the molecule is FC(F)(F)c1nc2c(s1)CCCN2c1nnc(Nc2ccc3[nH]ncc3c2Cl)s1. The highest BCUT2D eigenvalue weighted by molar-refractivity contribution is 7.19. The average molecular weight is 458 g/mol. The van der Waals surface area contributed by atoms with E-state index < -0.39 is 11.2 Å². The van der Waals surface area contributed by atoms with E-state index in [9.17, 15) is 13.2 Å². The Bertz CT molecular complexity index is 1200. The molecule has 4 aromatic rings. The fourth-order valence-electron chi connectivity index (χ4n) is 3.10. The number of alkyl halides is 3. The van der Waals surface area contributed by atoms with E-state index in [0.717, 1.165) is 17.3 Å². The molecule has 0 fully saturated rings. The molecule has 0 saturated heterocycles. The molecule has 13 heteroatoms. The van der Waals surface area contributed by atoms with Crippen LogP contribution in [-0.2, 0) is 12.6 Å².